The molecule has 5 nitrogen and oxygen atoms in total. The Morgan fingerprint density at radius 1 is 1.42 bits per heavy atom. The number of fused-ring (bicyclic) bond motifs is 1. The molecule has 2 heterocycles. The number of carbonyl (C=O) groups excluding carboxylic acids is 1. The summed E-state index contributed by atoms with van der Waals surface area (Å²) in [6, 6.07) is 10.5. The predicted octanol–water partition coefficient (Wildman–Crippen LogP) is 2.67. The Bertz CT molecular complexity index is 731. The molecule has 126 valence electrons. The summed E-state index contributed by atoms with van der Waals surface area (Å²) < 4.78 is 5.20. The Hall–Kier alpha value is -1.76. The molecule has 0 radical (unpaired) electrons. The van der Waals surface area contributed by atoms with E-state index in [1.54, 1.807) is 18.4 Å². The van der Waals surface area contributed by atoms with Crippen molar-refractivity contribution in [1.82, 2.24) is 9.88 Å². The molecular formula is C18H21N3O2S. The Labute approximate surface area is 145 Å². The molecule has 4 rings (SSSR count). The first-order chi connectivity index (χ1) is 11.7. The highest BCUT2D eigenvalue weighted by Crippen LogP contribution is 2.35. The van der Waals surface area contributed by atoms with Crippen LogP contribution >= 0.6 is 11.3 Å². The van der Waals surface area contributed by atoms with Gasteiger partial charge in [0.1, 0.15) is 0 Å². The topological polar surface area (TPSA) is 54.5 Å². The van der Waals surface area contributed by atoms with Gasteiger partial charge < -0.3 is 10.1 Å². The van der Waals surface area contributed by atoms with Crippen molar-refractivity contribution in [2.24, 2.45) is 5.92 Å². The number of rotatable bonds is 5. The number of hydrogen-bond acceptors (Lipinski definition) is 5. The minimum Gasteiger partial charge on any atom is -0.381 e. The van der Waals surface area contributed by atoms with Gasteiger partial charge in [0.15, 0.2) is 5.13 Å². The van der Waals surface area contributed by atoms with Crippen LogP contribution in [0.2, 0.25) is 0 Å². The number of anilines is 1. The zero-order chi connectivity index (χ0) is 16.5. The monoisotopic (exact) mass is 343 g/mol. The molecule has 1 aromatic carbocycles. The second-order valence-corrected chi connectivity index (χ2v) is 7.52. The van der Waals surface area contributed by atoms with Crippen LogP contribution in [0.15, 0.2) is 30.3 Å². The minimum atomic E-state index is -0.00879. The number of ether oxygens (including phenoxy) is 1. The summed E-state index contributed by atoms with van der Waals surface area (Å²) in [6.07, 6.45) is 1.90. The van der Waals surface area contributed by atoms with Gasteiger partial charge in [-0.05, 0) is 18.4 Å². The third-order valence-corrected chi connectivity index (χ3v) is 5.73. The number of nitrogens with one attached hydrogen (secondary N) is 1. The normalized spacial score (nSPS) is 22.9. The van der Waals surface area contributed by atoms with Crippen LogP contribution in [0.5, 0.6) is 0 Å². The molecule has 0 bridgehead atoms. The van der Waals surface area contributed by atoms with Gasteiger partial charge in [0.05, 0.1) is 17.7 Å². The van der Waals surface area contributed by atoms with E-state index in [9.17, 15) is 4.79 Å². The van der Waals surface area contributed by atoms with Crippen molar-refractivity contribution in [2.75, 3.05) is 19.0 Å². The average Bonchev–Trinajstić information content (AvgIpc) is 3.29. The lowest BCUT2D eigenvalue weighted by Crippen LogP contribution is -2.29. The maximum Gasteiger partial charge on any atom is 0.231 e. The van der Waals surface area contributed by atoms with Crippen LogP contribution in [0.4, 0.5) is 5.13 Å². The first kappa shape index (κ1) is 15.7. The van der Waals surface area contributed by atoms with Crippen LogP contribution in [0.1, 0.15) is 22.6 Å². The molecular weight excluding hydrogens is 322 g/mol. The molecule has 1 aliphatic carbocycles. The molecule has 2 aliphatic rings. The van der Waals surface area contributed by atoms with Crippen molar-refractivity contribution in [2.45, 2.75) is 32.0 Å². The number of aromatic nitrogens is 1. The lowest BCUT2D eigenvalue weighted by molar-refractivity contribution is -0.118. The van der Waals surface area contributed by atoms with E-state index in [2.05, 4.69) is 39.5 Å². The Morgan fingerprint density at radius 2 is 2.25 bits per heavy atom. The van der Waals surface area contributed by atoms with Gasteiger partial charge in [0.25, 0.3) is 0 Å². The van der Waals surface area contributed by atoms with Crippen molar-refractivity contribution in [3.63, 3.8) is 0 Å². The molecule has 2 aromatic rings. The van der Waals surface area contributed by atoms with Gasteiger partial charge in [0, 0.05) is 31.6 Å². The van der Waals surface area contributed by atoms with Crippen molar-refractivity contribution in [3.8, 4) is 0 Å². The van der Waals surface area contributed by atoms with Crippen LogP contribution in [0.25, 0.3) is 0 Å². The fourth-order valence-electron chi connectivity index (χ4n) is 3.19. The predicted molar refractivity (Wildman–Crippen MR) is 93.9 cm³/mol. The number of benzene rings is 1. The van der Waals surface area contributed by atoms with Crippen LogP contribution < -0.4 is 5.32 Å². The Balaban J connectivity index is 1.38. The SMILES string of the molecule is CO[C@@H]1C[C@H]1C(=O)Nc1nc2c(s1)CCN(Cc1ccccc1)C2. The van der Waals surface area contributed by atoms with E-state index >= 15 is 0 Å². The molecule has 1 N–H and O–H groups in total. The Kier molecular flexibility index (Phi) is 4.35. The lowest BCUT2D eigenvalue weighted by atomic mass is 10.1. The molecule has 0 spiro atoms. The molecule has 2 atom stereocenters. The highest BCUT2D eigenvalue weighted by atomic mass is 32.1. The maximum absolute atomic E-state index is 12.1. The van der Waals surface area contributed by atoms with Crippen LogP contribution in [0, 0.1) is 5.92 Å². The molecule has 1 saturated carbocycles. The average molecular weight is 343 g/mol. The van der Waals surface area contributed by atoms with E-state index in [1.807, 2.05) is 6.07 Å². The summed E-state index contributed by atoms with van der Waals surface area (Å²) in [5.74, 6) is 0.0274. The van der Waals surface area contributed by atoms with Gasteiger partial charge in [-0.3, -0.25) is 9.69 Å². The van der Waals surface area contributed by atoms with E-state index < -0.39 is 0 Å². The smallest absolute Gasteiger partial charge is 0.231 e. The van der Waals surface area contributed by atoms with Crippen LogP contribution in [-0.4, -0.2) is 35.5 Å². The summed E-state index contributed by atoms with van der Waals surface area (Å²) in [5.41, 5.74) is 2.43. The molecule has 1 aliphatic heterocycles. The van der Waals surface area contributed by atoms with E-state index in [-0.39, 0.29) is 17.9 Å². The summed E-state index contributed by atoms with van der Waals surface area (Å²) in [5, 5.41) is 3.69. The second-order valence-electron chi connectivity index (χ2n) is 6.44. The minimum absolute atomic E-state index is 0.00879. The van der Waals surface area contributed by atoms with Crippen LogP contribution in [0.3, 0.4) is 0 Å². The Morgan fingerprint density at radius 3 is 3.00 bits per heavy atom. The number of nitrogens with zero attached hydrogens (tertiary/aromatic N) is 2. The highest BCUT2D eigenvalue weighted by molar-refractivity contribution is 7.15. The summed E-state index contributed by atoms with van der Waals surface area (Å²) in [7, 11) is 1.65. The second kappa shape index (κ2) is 6.63. The van der Waals surface area contributed by atoms with Gasteiger partial charge >= 0.3 is 0 Å². The van der Waals surface area contributed by atoms with Gasteiger partial charge in [-0.2, -0.15) is 0 Å². The van der Waals surface area contributed by atoms with E-state index in [0.717, 1.165) is 43.3 Å². The van der Waals surface area contributed by atoms with E-state index in [4.69, 9.17) is 4.74 Å². The summed E-state index contributed by atoms with van der Waals surface area (Å²) >= 11 is 1.62. The van der Waals surface area contributed by atoms with Crippen LogP contribution in [-0.2, 0) is 29.0 Å². The number of methoxy groups -OCH3 is 1. The van der Waals surface area contributed by atoms with Crippen molar-refractivity contribution >= 4 is 22.4 Å². The summed E-state index contributed by atoms with van der Waals surface area (Å²) in [4.78, 5) is 20.5. The maximum atomic E-state index is 12.1. The highest BCUT2D eigenvalue weighted by Gasteiger charge is 2.43. The van der Waals surface area contributed by atoms with Crippen molar-refractivity contribution < 1.29 is 9.53 Å². The first-order valence-corrected chi connectivity index (χ1v) is 9.13. The molecule has 6 heteroatoms. The van der Waals surface area contributed by atoms with Gasteiger partial charge in [0.2, 0.25) is 5.91 Å². The zero-order valence-electron chi connectivity index (χ0n) is 13.7. The van der Waals surface area contributed by atoms with Gasteiger partial charge in [-0.1, -0.05) is 30.3 Å². The first-order valence-electron chi connectivity index (χ1n) is 8.31. The molecule has 0 unspecified atom stereocenters. The van der Waals surface area contributed by atoms with Gasteiger partial charge in [-0.25, -0.2) is 4.98 Å². The molecule has 1 amide bonds. The fourth-order valence-corrected chi connectivity index (χ4v) is 4.15. The van der Waals surface area contributed by atoms with E-state index in [1.165, 1.54) is 10.4 Å². The number of carbonyl (C=O) groups is 1. The number of thiazole rings is 1. The van der Waals surface area contributed by atoms with Crippen molar-refractivity contribution in [1.29, 1.82) is 0 Å². The molecule has 1 aromatic heterocycles. The third kappa shape index (κ3) is 3.36. The fraction of sp³-hybridized carbons (Fsp3) is 0.444. The van der Waals surface area contributed by atoms with E-state index in [0.29, 0.717) is 0 Å². The number of amides is 1. The standard InChI is InChI=1S/C18H21N3O2S/c1-23-15-9-13(15)17(22)20-18-19-14-11-21(8-7-16(14)24-18)10-12-5-3-2-4-6-12/h2-6,13,15H,7-11H2,1H3,(H,19,20,22)/t13-,15-/m1/s1. The van der Waals surface area contributed by atoms with Crippen molar-refractivity contribution in [3.05, 3.63) is 46.5 Å². The third-order valence-electron chi connectivity index (χ3n) is 4.66. The molecule has 1 fully saturated rings. The number of hydrogen-bond donors (Lipinski definition) is 1. The quantitative estimate of drug-likeness (QED) is 0.907. The zero-order valence-corrected chi connectivity index (χ0v) is 14.5. The van der Waals surface area contributed by atoms with Gasteiger partial charge in [-0.15, -0.1) is 11.3 Å². The molecule has 0 saturated heterocycles. The summed E-state index contributed by atoms with van der Waals surface area (Å²) in [6.45, 7) is 2.82. The molecule has 24 heavy (non-hydrogen) atoms. The largest absolute Gasteiger partial charge is 0.381 e. The lowest BCUT2D eigenvalue weighted by Gasteiger charge is -2.25.